The number of hydrogen-bond donors (Lipinski definition) is 4. The molecule has 0 saturated carbocycles. The number of nitrogens with zero attached hydrogens (tertiary/aromatic N) is 1. The maximum Gasteiger partial charge on any atom is 0.295 e. The molecule has 0 bridgehead atoms. The third-order valence-corrected chi connectivity index (χ3v) is 6.06. The quantitative estimate of drug-likeness (QED) is 0.206. The number of aryl methyl sites for hydroxylation is 1. The smallest absolute Gasteiger partial charge is 0.295 e. The Bertz CT molecular complexity index is 996. The number of likely N-dealkylation sites (tertiary alicyclic amines) is 1. The zero-order valence-corrected chi connectivity index (χ0v) is 19.3. The molecule has 3 atom stereocenters. The van der Waals surface area contributed by atoms with Crippen molar-refractivity contribution >= 4 is 11.7 Å². The van der Waals surface area contributed by atoms with Crippen LogP contribution in [-0.2, 0) is 17.6 Å². The molecule has 1 aliphatic heterocycles. The van der Waals surface area contributed by atoms with Crippen molar-refractivity contribution in [1.82, 2.24) is 10.2 Å². The molecule has 2 aromatic rings. The van der Waals surface area contributed by atoms with Crippen molar-refractivity contribution in [3.05, 3.63) is 71.3 Å². The van der Waals surface area contributed by atoms with Gasteiger partial charge in [-0.2, -0.15) is 0 Å². The fourth-order valence-electron chi connectivity index (χ4n) is 4.26. The molecular weight excluding hydrogens is 412 g/mol. The van der Waals surface area contributed by atoms with Gasteiger partial charge in [-0.15, -0.1) is 0 Å². The van der Waals surface area contributed by atoms with E-state index in [1.54, 1.807) is 0 Å². The van der Waals surface area contributed by atoms with Crippen LogP contribution in [0.1, 0.15) is 42.9 Å². The minimum absolute atomic E-state index is 0.0564. The zero-order chi connectivity index (χ0) is 23.6. The van der Waals surface area contributed by atoms with Crippen molar-refractivity contribution in [3.63, 3.8) is 0 Å². The summed E-state index contributed by atoms with van der Waals surface area (Å²) < 4.78 is 0. The minimum Gasteiger partial charge on any atom is -0.384 e. The Morgan fingerprint density at radius 1 is 1.24 bits per heavy atom. The van der Waals surface area contributed by atoms with Crippen molar-refractivity contribution in [2.75, 3.05) is 13.1 Å². The van der Waals surface area contributed by atoms with Gasteiger partial charge in [-0.25, -0.2) is 0 Å². The molecule has 6 nitrogen and oxygen atoms in total. The van der Waals surface area contributed by atoms with E-state index in [1.807, 2.05) is 47.4 Å². The first-order valence-electron chi connectivity index (χ1n) is 11.6. The number of carbonyl (C=O) groups is 1. The van der Waals surface area contributed by atoms with Crippen LogP contribution in [0, 0.1) is 23.2 Å². The van der Waals surface area contributed by atoms with Crippen molar-refractivity contribution in [2.24, 2.45) is 11.7 Å². The van der Waals surface area contributed by atoms with Crippen molar-refractivity contribution in [1.29, 1.82) is 5.41 Å². The molecule has 174 valence electrons. The molecule has 1 saturated heterocycles. The molecule has 0 spiro atoms. The van der Waals surface area contributed by atoms with E-state index in [2.05, 4.69) is 36.2 Å². The van der Waals surface area contributed by atoms with Gasteiger partial charge < -0.3 is 16.2 Å². The molecular formula is C27H34N4O2. The van der Waals surface area contributed by atoms with Gasteiger partial charge in [-0.3, -0.25) is 15.1 Å². The lowest BCUT2D eigenvalue weighted by Crippen LogP contribution is -2.43. The highest BCUT2D eigenvalue weighted by molar-refractivity contribution is 5.95. The Morgan fingerprint density at radius 2 is 2.00 bits per heavy atom. The summed E-state index contributed by atoms with van der Waals surface area (Å²) in [6.07, 6.45) is 3.61. The SMILES string of the molecule is C[C@H](Cc1ccccc1)C(O)N1CCC[C@H]1C#CC(=O)NCCCc1cccc(C(=N)N)c1. The molecule has 1 amide bonds. The number of nitrogens with two attached hydrogens (primary N) is 1. The number of nitrogens with one attached hydrogen (secondary N) is 2. The van der Waals surface area contributed by atoms with E-state index in [-0.39, 0.29) is 23.7 Å². The molecule has 0 aromatic heterocycles. The standard InChI is InChI=1S/C27H34N4O2/c1-20(18-21-8-3-2-4-9-21)27(33)31-17-7-13-24(31)14-15-25(32)30-16-6-11-22-10-5-12-23(19-22)26(28)29/h2-5,8-10,12,19-20,24,27,33H,6-7,11,13,16-18H2,1H3,(H3,28,29)(H,30,32)/t20-,24+,27?/m1/s1. The number of rotatable bonds is 9. The normalized spacial score (nSPS) is 17.6. The number of aliphatic hydroxyl groups is 1. The Balaban J connectivity index is 1.44. The van der Waals surface area contributed by atoms with Crippen molar-refractivity contribution < 1.29 is 9.90 Å². The second-order valence-electron chi connectivity index (χ2n) is 8.72. The highest BCUT2D eigenvalue weighted by atomic mass is 16.3. The summed E-state index contributed by atoms with van der Waals surface area (Å²) in [5, 5.41) is 21.3. The van der Waals surface area contributed by atoms with Crippen LogP contribution in [0.25, 0.3) is 0 Å². The van der Waals surface area contributed by atoms with Gasteiger partial charge >= 0.3 is 0 Å². The molecule has 1 heterocycles. The van der Waals surface area contributed by atoms with Gasteiger partial charge in [0.2, 0.25) is 0 Å². The minimum atomic E-state index is -0.583. The highest BCUT2D eigenvalue weighted by Crippen LogP contribution is 2.24. The number of benzene rings is 2. The van der Waals surface area contributed by atoms with E-state index < -0.39 is 6.23 Å². The van der Waals surface area contributed by atoms with E-state index >= 15 is 0 Å². The average molecular weight is 447 g/mol. The summed E-state index contributed by atoms with van der Waals surface area (Å²) >= 11 is 0. The van der Waals surface area contributed by atoms with Crippen molar-refractivity contribution in [2.45, 2.75) is 51.3 Å². The maximum absolute atomic E-state index is 12.2. The van der Waals surface area contributed by atoms with E-state index in [0.717, 1.165) is 44.2 Å². The molecule has 1 fully saturated rings. The van der Waals surface area contributed by atoms with Crippen LogP contribution in [0.15, 0.2) is 54.6 Å². The fourth-order valence-corrected chi connectivity index (χ4v) is 4.26. The lowest BCUT2D eigenvalue weighted by atomic mass is 9.98. The lowest BCUT2D eigenvalue weighted by Gasteiger charge is -2.31. The Labute approximate surface area is 196 Å². The number of nitrogen functional groups attached to an aromatic ring is 1. The summed E-state index contributed by atoms with van der Waals surface area (Å²) in [7, 11) is 0. The molecule has 3 rings (SSSR count). The predicted molar refractivity (Wildman–Crippen MR) is 132 cm³/mol. The summed E-state index contributed by atoms with van der Waals surface area (Å²) in [5.41, 5.74) is 8.54. The average Bonchev–Trinajstić information content (AvgIpc) is 3.29. The van der Waals surface area contributed by atoms with Crippen LogP contribution in [0.5, 0.6) is 0 Å². The third-order valence-electron chi connectivity index (χ3n) is 6.06. The first kappa shape index (κ1) is 24.5. The number of aliphatic hydroxyl groups excluding tert-OH is 1. The largest absolute Gasteiger partial charge is 0.384 e. The van der Waals surface area contributed by atoms with Crippen molar-refractivity contribution in [3.8, 4) is 11.8 Å². The summed E-state index contributed by atoms with van der Waals surface area (Å²) in [5.74, 6) is 5.64. The predicted octanol–water partition coefficient (Wildman–Crippen LogP) is 2.68. The van der Waals surface area contributed by atoms with Gasteiger partial charge in [0.15, 0.2) is 0 Å². The molecule has 6 heteroatoms. The monoisotopic (exact) mass is 446 g/mol. The summed E-state index contributed by atoms with van der Waals surface area (Å²) in [4.78, 5) is 14.2. The van der Waals surface area contributed by atoms with Gasteiger partial charge in [0.1, 0.15) is 12.1 Å². The van der Waals surface area contributed by atoms with E-state index in [0.29, 0.717) is 12.1 Å². The van der Waals surface area contributed by atoms with E-state index in [4.69, 9.17) is 11.1 Å². The molecule has 33 heavy (non-hydrogen) atoms. The summed E-state index contributed by atoms with van der Waals surface area (Å²) in [6, 6.07) is 17.7. The van der Waals surface area contributed by atoms with Gasteiger partial charge in [-0.1, -0.05) is 61.4 Å². The van der Waals surface area contributed by atoms with E-state index in [9.17, 15) is 9.90 Å². The van der Waals surface area contributed by atoms with Gasteiger partial charge in [0.05, 0.1) is 6.04 Å². The summed E-state index contributed by atoms with van der Waals surface area (Å²) in [6.45, 7) is 3.38. The number of carbonyl (C=O) groups excluding carboxylic acids is 1. The topological polar surface area (TPSA) is 102 Å². The maximum atomic E-state index is 12.2. The molecule has 5 N–H and O–H groups in total. The number of amides is 1. The van der Waals surface area contributed by atoms with Gasteiger partial charge in [0.25, 0.3) is 5.91 Å². The van der Waals surface area contributed by atoms with Crippen LogP contribution >= 0.6 is 0 Å². The number of amidine groups is 1. The Hall–Kier alpha value is -3.14. The van der Waals surface area contributed by atoms with Crippen LogP contribution in [0.3, 0.4) is 0 Å². The van der Waals surface area contributed by atoms with Gasteiger partial charge in [0, 0.05) is 18.7 Å². The molecule has 0 aliphatic carbocycles. The Kier molecular flexibility index (Phi) is 9.05. The number of hydrogen-bond acceptors (Lipinski definition) is 4. The first-order chi connectivity index (χ1) is 15.9. The molecule has 2 aromatic carbocycles. The highest BCUT2D eigenvalue weighted by Gasteiger charge is 2.31. The second-order valence-corrected chi connectivity index (χ2v) is 8.72. The van der Waals surface area contributed by atoms with Crippen LogP contribution in [0.2, 0.25) is 0 Å². The Morgan fingerprint density at radius 3 is 2.76 bits per heavy atom. The van der Waals surface area contributed by atoms with Gasteiger partial charge in [-0.05, 0) is 61.1 Å². The molecule has 1 unspecified atom stereocenters. The lowest BCUT2D eigenvalue weighted by molar-refractivity contribution is -0.115. The third kappa shape index (κ3) is 7.45. The first-order valence-corrected chi connectivity index (χ1v) is 11.6. The van der Waals surface area contributed by atoms with E-state index in [1.165, 1.54) is 5.56 Å². The van der Waals surface area contributed by atoms with Crippen LogP contribution in [0.4, 0.5) is 0 Å². The fraction of sp³-hybridized carbons (Fsp3) is 0.407. The molecule has 0 radical (unpaired) electrons. The van der Waals surface area contributed by atoms with Crippen LogP contribution < -0.4 is 11.1 Å². The second kappa shape index (κ2) is 12.2. The molecule has 1 aliphatic rings. The zero-order valence-electron chi connectivity index (χ0n) is 19.3. The van der Waals surface area contributed by atoms with Crippen LogP contribution in [-0.4, -0.2) is 47.1 Å².